The zero-order chi connectivity index (χ0) is 21.8. The van der Waals surface area contributed by atoms with Crippen LogP contribution in [0.1, 0.15) is 0 Å². The van der Waals surface area contributed by atoms with Crippen molar-refractivity contribution in [2.45, 2.75) is 0 Å². The van der Waals surface area contributed by atoms with Crippen molar-refractivity contribution in [1.29, 1.82) is 0 Å². The van der Waals surface area contributed by atoms with Gasteiger partial charge >= 0.3 is 0 Å². The molecule has 7 nitrogen and oxygen atoms in total. The summed E-state index contributed by atoms with van der Waals surface area (Å²) < 4.78 is 5.84. The van der Waals surface area contributed by atoms with E-state index >= 15 is 0 Å². The summed E-state index contributed by atoms with van der Waals surface area (Å²) in [5, 5.41) is 7.14. The molecule has 0 aliphatic carbocycles. The number of hydrogen-bond donors (Lipinski definition) is 2. The number of nitrogens with zero attached hydrogens (tertiary/aromatic N) is 4. The van der Waals surface area contributed by atoms with Gasteiger partial charge in [0.05, 0.1) is 0 Å². The molecule has 156 valence electrons. The van der Waals surface area contributed by atoms with Gasteiger partial charge in [0, 0.05) is 28.8 Å². The molecular formula is C24H17ClN6O. The smallest absolute Gasteiger partial charge is 0.231 e. The molecule has 0 bridgehead atoms. The average Bonchev–Trinajstić information content (AvgIpc) is 2.83. The molecule has 0 atom stereocenters. The van der Waals surface area contributed by atoms with Gasteiger partial charge in [-0.2, -0.15) is 9.97 Å². The maximum atomic E-state index is 5.99. The lowest BCUT2D eigenvalue weighted by Crippen LogP contribution is -2.04. The molecule has 0 radical (unpaired) electrons. The van der Waals surface area contributed by atoms with Crippen molar-refractivity contribution in [2.75, 3.05) is 10.6 Å². The van der Waals surface area contributed by atoms with E-state index in [0.29, 0.717) is 28.0 Å². The molecule has 0 unspecified atom stereocenters. The highest BCUT2D eigenvalue weighted by molar-refractivity contribution is 6.30. The summed E-state index contributed by atoms with van der Waals surface area (Å²) in [6, 6.07) is 24.5. The second-order valence-electron chi connectivity index (χ2n) is 6.82. The first-order valence-corrected chi connectivity index (χ1v) is 10.2. The van der Waals surface area contributed by atoms with Crippen molar-refractivity contribution in [2.24, 2.45) is 0 Å². The van der Waals surface area contributed by atoms with Gasteiger partial charge in [0.1, 0.15) is 11.5 Å². The molecular weight excluding hydrogens is 424 g/mol. The van der Waals surface area contributed by atoms with Crippen LogP contribution >= 0.6 is 11.6 Å². The normalized spacial score (nSPS) is 10.7. The molecule has 32 heavy (non-hydrogen) atoms. The Bertz CT molecular complexity index is 1350. The Morgan fingerprint density at radius 2 is 1.31 bits per heavy atom. The van der Waals surface area contributed by atoms with E-state index in [1.165, 1.54) is 0 Å². The van der Waals surface area contributed by atoms with Gasteiger partial charge in [0.2, 0.25) is 5.95 Å². The Morgan fingerprint density at radius 1 is 0.656 bits per heavy atom. The zero-order valence-electron chi connectivity index (χ0n) is 16.7. The Labute approximate surface area is 189 Å². The van der Waals surface area contributed by atoms with Crippen LogP contribution in [0.4, 0.5) is 23.1 Å². The number of rotatable bonds is 6. The average molecular weight is 441 g/mol. The Hall–Kier alpha value is -4.23. The fourth-order valence-electron chi connectivity index (χ4n) is 3.04. The van der Waals surface area contributed by atoms with E-state index in [-0.39, 0.29) is 0 Å². The summed E-state index contributed by atoms with van der Waals surface area (Å²) in [5.41, 5.74) is 2.68. The fraction of sp³-hybridized carbons (Fsp3) is 0. The van der Waals surface area contributed by atoms with Crippen LogP contribution < -0.4 is 15.4 Å². The standard InChI is InChI=1S/C24H17ClN6O/c25-16-6-8-17(9-7-16)28-23-21-22(27-15-14-26-21)30-24(31-23)29-18-10-12-20(13-11-18)32-19-4-2-1-3-5-19/h1-15H,(H2,27,28,29,30,31). The number of halogens is 1. The van der Waals surface area contributed by atoms with Crippen LogP contribution in [0.5, 0.6) is 11.5 Å². The predicted octanol–water partition coefficient (Wildman–Crippen LogP) is 6.35. The van der Waals surface area contributed by atoms with E-state index in [0.717, 1.165) is 22.9 Å². The lowest BCUT2D eigenvalue weighted by Gasteiger charge is -2.11. The van der Waals surface area contributed by atoms with E-state index in [1.807, 2.05) is 66.7 Å². The Morgan fingerprint density at radius 3 is 2.09 bits per heavy atom. The van der Waals surface area contributed by atoms with Crippen LogP contribution in [0.25, 0.3) is 11.2 Å². The van der Waals surface area contributed by atoms with E-state index in [9.17, 15) is 0 Å². The molecule has 0 saturated carbocycles. The number of anilines is 4. The van der Waals surface area contributed by atoms with Crippen molar-refractivity contribution in [3.8, 4) is 11.5 Å². The SMILES string of the molecule is Clc1ccc(Nc2nc(Nc3ccc(Oc4ccccc4)cc3)nc3nccnc23)cc1. The number of ether oxygens (including phenoxy) is 1. The minimum Gasteiger partial charge on any atom is -0.457 e. The van der Waals surface area contributed by atoms with Crippen molar-refractivity contribution in [3.63, 3.8) is 0 Å². The minimum atomic E-state index is 0.395. The summed E-state index contributed by atoms with van der Waals surface area (Å²) in [4.78, 5) is 17.8. The van der Waals surface area contributed by atoms with E-state index in [4.69, 9.17) is 16.3 Å². The van der Waals surface area contributed by atoms with Gasteiger partial charge in [-0.1, -0.05) is 29.8 Å². The lowest BCUT2D eigenvalue weighted by atomic mass is 10.3. The highest BCUT2D eigenvalue weighted by Crippen LogP contribution is 2.26. The second-order valence-corrected chi connectivity index (χ2v) is 7.26. The lowest BCUT2D eigenvalue weighted by molar-refractivity contribution is 0.483. The second kappa shape index (κ2) is 8.87. The number of fused-ring (bicyclic) bond motifs is 1. The summed E-state index contributed by atoms with van der Waals surface area (Å²) in [7, 11) is 0. The molecule has 2 aromatic heterocycles. The third-order valence-electron chi connectivity index (χ3n) is 4.53. The third-order valence-corrected chi connectivity index (χ3v) is 4.78. The molecule has 2 N–H and O–H groups in total. The van der Waals surface area contributed by atoms with E-state index < -0.39 is 0 Å². The van der Waals surface area contributed by atoms with Crippen LogP contribution in [0.2, 0.25) is 5.02 Å². The molecule has 5 rings (SSSR count). The molecule has 8 heteroatoms. The largest absolute Gasteiger partial charge is 0.457 e. The highest BCUT2D eigenvalue weighted by Gasteiger charge is 2.11. The minimum absolute atomic E-state index is 0.395. The number of para-hydroxylation sites is 1. The fourth-order valence-corrected chi connectivity index (χ4v) is 3.16. The molecule has 0 aliphatic rings. The van der Waals surface area contributed by atoms with Crippen LogP contribution in [-0.2, 0) is 0 Å². The maximum Gasteiger partial charge on any atom is 0.231 e. The van der Waals surface area contributed by atoms with Crippen molar-refractivity contribution >= 4 is 45.9 Å². The Kier molecular flexibility index (Phi) is 5.47. The monoisotopic (exact) mass is 440 g/mol. The number of aromatic nitrogens is 4. The van der Waals surface area contributed by atoms with Crippen LogP contribution in [0.3, 0.4) is 0 Å². The first-order chi connectivity index (χ1) is 15.7. The number of nitrogens with one attached hydrogen (secondary N) is 2. The van der Waals surface area contributed by atoms with Crippen molar-refractivity contribution in [1.82, 2.24) is 19.9 Å². The molecule has 5 aromatic rings. The summed E-state index contributed by atoms with van der Waals surface area (Å²) in [6.45, 7) is 0. The summed E-state index contributed by atoms with van der Waals surface area (Å²) >= 11 is 5.99. The molecule has 3 aromatic carbocycles. The van der Waals surface area contributed by atoms with Gasteiger partial charge in [-0.25, -0.2) is 9.97 Å². The van der Waals surface area contributed by atoms with Gasteiger partial charge < -0.3 is 15.4 Å². The first-order valence-electron chi connectivity index (χ1n) is 9.84. The maximum absolute atomic E-state index is 5.99. The molecule has 0 saturated heterocycles. The molecule has 0 amide bonds. The van der Waals surface area contributed by atoms with Crippen molar-refractivity contribution < 1.29 is 4.74 Å². The molecule has 2 heterocycles. The van der Waals surface area contributed by atoms with Gasteiger partial charge in [-0.05, 0) is 60.7 Å². The van der Waals surface area contributed by atoms with Crippen LogP contribution in [-0.4, -0.2) is 19.9 Å². The van der Waals surface area contributed by atoms with E-state index in [2.05, 4.69) is 30.6 Å². The predicted molar refractivity (Wildman–Crippen MR) is 126 cm³/mol. The third kappa shape index (κ3) is 4.58. The summed E-state index contributed by atoms with van der Waals surface area (Å²) in [5.74, 6) is 2.45. The van der Waals surface area contributed by atoms with Gasteiger partial charge in [0.25, 0.3) is 0 Å². The molecule has 0 aliphatic heterocycles. The van der Waals surface area contributed by atoms with Crippen LogP contribution in [0.15, 0.2) is 91.3 Å². The topological polar surface area (TPSA) is 84.9 Å². The molecule has 0 fully saturated rings. The first kappa shape index (κ1) is 19.7. The van der Waals surface area contributed by atoms with Crippen LogP contribution in [0, 0.1) is 0 Å². The summed E-state index contributed by atoms with van der Waals surface area (Å²) in [6.07, 6.45) is 3.21. The van der Waals surface area contributed by atoms with Gasteiger partial charge in [-0.3, -0.25) is 0 Å². The number of benzene rings is 3. The Balaban J connectivity index is 1.39. The van der Waals surface area contributed by atoms with Gasteiger partial charge in [-0.15, -0.1) is 0 Å². The quantitative estimate of drug-likeness (QED) is 0.318. The van der Waals surface area contributed by atoms with E-state index in [1.54, 1.807) is 24.5 Å². The number of hydrogen-bond acceptors (Lipinski definition) is 7. The van der Waals surface area contributed by atoms with Gasteiger partial charge in [0.15, 0.2) is 17.0 Å². The van der Waals surface area contributed by atoms with Crippen molar-refractivity contribution in [3.05, 3.63) is 96.3 Å². The highest BCUT2D eigenvalue weighted by atomic mass is 35.5. The molecule has 0 spiro atoms. The zero-order valence-corrected chi connectivity index (χ0v) is 17.5.